The highest BCUT2D eigenvalue weighted by molar-refractivity contribution is 7.47. The van der Waals surface area contributed by atoms with Crippen LogP contribution in [0.25, 0.3) is 0 Å². The lowest BCUT2D eigenvalue weighted by Gasteiger charge is -2.21. The van der Waals surface area contributed by atoms with Crippen molar-refractivity contribution < 1.29 is 80.2 Å². The number of aliphatic hydroxyl groups is 1. The fourth-order valence-corrected chi connectivity index (χ4v) is 14.1. The lowest BCUT2D eigenvalue weighted by Crippen LogP contribution is -2.30. The minimum Gasteiger partial charge on any atom is -0.462 e. The first-order chi connectivity index (χ1) is 48.4. The zero-order valence-corrected chi connectivity index (χ0v) is 67.3. The summed E-state index contributed by atoms with van der Waals surface area (Å²) < 4.78 is 68.8. The number of hydrogen-bond acceptors (Lipinski definition) is 15. The number of esters is 4. The Kier molecular flexibility index (Phi) is 71.2. The van der Waals surface area contributed by atoms with Gasteiger partial charge in [-0.25, -0.2) is 9.13 Å². The third-order valence-corrected chi connectivity index (χ3v) is 20.9. The molecule has 0 aliphatic carbocycles. The van der Waals surface area contributed by atoms with Crippen molar-refractivity contribution in [1.29, 1.82) is 0 Å². The molecule has 5 atom stereocenters. The van der Waals surface area contributed by atoms with Crippen molar-refractivity contribution in [1.82, 2.24) is 0 Å². The molecule has 594 valence electrons. The fraction of sp³-hybridized carbons (Fsp3) is 0.951. The fourth-order valence-electron chi connectivity index (χ4n) is 12.5. The van der Waals surface area contributed by atoms with Gasteiger partial charge in [0.05, 0.1) is 26.4 Å². The van der Waals surface area contributed by atoms with Gasteiger partial charge in [-0.15, -0.1) is 0 Å². The molecule has 2 unspecified atom stereocenters. The first-order valence-electron chi connectivity index (χ1n) is 42.0. The highest BCUT2D eigenvalue weighted by Gasteiger charge is 2.30. The molecule has 19 heteroatoms. The summed E-state index contributed by atoms with van der Waals surface area (Å²) in [4.78, 5) is 73.1. The number of unbranched alkanes of at least 4 members (excludes halogenated alkanes) is 50. The molecule has 0 aromatic heterocycles. The van der Waals surface area contributed by atoms with Crippen LogP contribution in [0.4, 0.5) is 0 Å². The van der Waals surface area contributed by atoms with E-state index in [-0.39, 0.29) is 25.7 Å². The van der Waals surface area contributed by atoms with Gasteiger partial charge in [-0.05, 0) is 37.5 Å². The number of aliphatic hydroxyl groups excluding tert-OH is 1. The highest BCUT2D eigenvalue weighted by Crippen LogP contribution is 2.45. The van der Waals surface area contributed by atoms with Gasteiger partial charge < -0.3 is 33.8 Å². The molecular weight excluding hydrogens is 1310 g/mol. The van der Waals surface area contributed by atoms with Crippen LogP contribution in [0.15, 0.2) is 0 Å². The number of hydrogen-bond donors (Lipinski definition) is 3. The SMILES string of the molecule is CCCCCCCCCCCCCCCCCCC(=O)OC[C@H](COP(=O)(O)OC[C@@H](O)COP(=O)(O)OC[C@@H](COC(=O)CCCCCCCCCCCCCCC)OC(=O)CCCCCCCCCCCCC(C)C)OC(=O)CCCCCCCCCCCCCCCCCC(C)C. The molecule has 100 heavy (non-hydrogen) atoms. The number of ether oxygens (including phenoxy) is 4. The van der Waals surface area contributed by atoms with Crippen molar-refractivity contribution in [2.24, 2.45) is 11.8 Å². The van der Waals surface area contributed by atoms with E-state index in [4.69, 9.17) is 37.0 Å². The zero-order valence-electron chi connectivity index (χ0n) is 65.5. The summed E-state index contributed by atoms with van der Waals surface area (Å²) in [7, 11) is -9.92. The van der Waals surface area contributed by atoms with Gasteiger partial charge >= 0.3 is 39.5 Å². The average Bonchev–Trinajstić information content (AvgIpc) is 2.56. The lowest BCUT2D eigenvalue weighted by molar-refractivity contribution is -0.161. The molecule has 0 saturated heterocycles. The number of carbonyl (C=O) groups excluding carboxylic acids is 4. The summed E-state index contributed by atoms with van der Waals surface area (Å²) in [5, 5.41) is 10.6. The van der Waals surface area contributed by atoms with Crippen LogP contribution in [0.1, 0.15) is 427 Å². The second kappa shape index (κ2) is 72.6. The van der Waals surface area contributed by atoms with E-state index in [0.29, 0.717) is 25.7 Å². The normalized spacial score (nSPS) is 13.9. The Labute approximate surface area is 613 Å². The van der Waals surface area contributed by atoms with E-state index in [0.717, 1.165) is 102 Å². The minimum atomic E-state index is -4.96. The molecule has 0 spiro atoms. The van der Waals surface area contributed by atoms with Gasteiger partial charge in [-0.3, -0.25) is 37.3 Å². The Hall–Kier alpha value is -1.94. The number of rotatable bonds is 80. The van der Waals surface area contributed by atoms with Gasteiger partial charge in [-0.2, -0.15) is 0 Å². The summed E-state index contributed by atoms with van der Waals surface area (Å²) in [5.41, 5.74) is 0. The Bertz CT molecular complexity index is 1920. The maximum absolute atomic E-state index is 13.1. The van der Waals surface area contributed by atoms with Gasteiger partial charge in [0.25, 0.3) is 0 Å². The summed E-state index contributed by atoms with van der Waals surface area (Å²) in [5.74, 6) is -0.551. The number of phosphoric acid groups is 2. The first kappa shape index (κ1) is 98.1. The van der Waals surface area contributed by atoms with E-state index in [1.807, 2.05) is 0 Å². The van der Waals surface area contributed by atoms with E-state index < -0.39 is 97.5 Å². The maximum atomic E-state index is 13.1. The van der Waals surface area contributed by atoms with Crippen LogP contribution in [0, 0.1) is 11.8 Å². The monoisotopic (exact) mass is 1470 g/mol. The van der Waals surface area contributed by atoms with Crippen molar-refractivity contribution in [3.05, 3.63) is 0 Å². The molecule has 3 N–H and O–H groups in total. The molecular formula is C81H158O17P2. The van der Waals surface area contributed by atoms with Crippen molar-refractivity contribution in [3.8, 4) is 0 Å². The van der Waals surface area contributed by atoms with E-state index in [2.05, 4.69) is 41.5 Å². The Morgan fingerprint density at radius 3 is 0.680 bits per heavy atom. The van der Waals surface area contributed by atoms with Crippen molar-refractivity contribution in [2.45, 2.75) is 445 Å². The van der Waals surface area contributed by atoms with E-state index in [1.54, 1.807) is 0 Å². The van der Waals surface area contributed by atoms with Crippen molar-refractivity contribution >= 4 is 39.5 Å². The predicted molar refractivity (Wildman–Crippen MR) is 409 cm³/mol. The van der Waals surface area contributed by atoms with Gasteiger partial charge in [0.15, 0.2) is 12.2 Å². The molecule has 0 amide bonds. The predicted octanol–water partition coefficient (Wildman–Crippen LogP) is 24.3. The van der Waals surface area contributed by atoms with Gasteiger partial charge in [0.2, 0.25) is 0 Å². The highest BCUT2D eigenvalue weighted by atomic mass is 31.2. The molecule has 0 saturated carbocycles. The molecule has 0 bridgehead atoms. The van der Waals surface area contributed by atoms with Crippen LogP contribution < -0.4 is 0 Å². The Balaban J connectivity index is 5.26. The van der Waals surface area contributed by atoms with Crippen molar-refractivity contribution in [3.63, 3.8) is 0 Å². The quantitative estimate of drug-likeness (QED) is 0.0222. The largest absolute Gasteiger partial charge is 0.472 e. The van der Waals surface area contributed by atoms with E-state index in [9.17, 15) is 43.2 Å². The van der Waals surface area contributed by atoms with Crippen LogP contribution >= 0.6 is 15.6 Å². The third-order valence-electron chi connectivity index (χ3n) is 19.0. The topological polar surface area (TPSA) is 237 Å². The molecule has 0 aliphatic heterocycles. The zero-order chi connectivity index (χ0) is 73.5. The molecule has 0 rings (SSSR count). The van der Waals surface area contributed by atoms with E-state index in [1.165, 1.54) is 244 Å². The summed E-state index contributed by atoms with van der Waals surface area (Å²) >= 11 is 0. The second-order valence-electron chi connectivity index (χ2n) is 30.1. The molecule has 17 nitrogen and oxygen atoms in total. The molecule has 0 radical (unpaired) electrons. The second-order valence-corrected chi connectivity index (χ2v) is 33.0. The van der Waals surface area contributed by atoms with Crippen molar-refractivity contribution in [2.75, 3.05) is 39.6 Å². The summed E-state index contributed by atoms with van der Waals surface area (Å²) in [6, 6.07) is 0. The Morgan fingerprint density at radius 2 is 0.460 bits per heavy atom. The lowest BCUT2D eigenvalue weighted by atomic mass is 10.0. The van der Waals surface area contributed by atoms with Crippen LogP contribution in [-0.2, 0) is 65.4 Å². The van der Waals surface area contributed by atoms with Gasteiger partial charge in [-0.1, -0.05) is 375 Å². The molecule has 0 aliphatic rings. The van der Waals surface area contributed by atoms with E-state index >= 15 is 0 Å². The summed E-state index contributed by atoms with van der Waals surface area (Å²) in [6.07, 6.45) is 62.3. The standard InChI is InChI=1S/C81H158O17P2/c1-7-9-11-13-15-17-19-21-22-25-29-33-40-46-52-58-64-79(84)92-69-76(97-80(85)65-59-53-47-41-34-30-26-23-24-28-31-37-43-49-55-61-73(3)4)71-95-99(87,88)93-67-75(82)68-94-100(89,90)96-72-77(98-81(86)66-60-54-48-42-36-35-38-44-50-56-62-74(5)6)70-91-78(83)63-57-51-45-39-32-27-20-18-16-14-12-10-8-2/h73-77,82H,7-72H2,1-6H3,(H,87,88)(H,89,90)/t75-,76-,77-/m1/s1. The molecule has 0 fully saturated rings. The molecule has 0 aromatic rings. The average molecular weight is 1470 g/mol. The minimum absolute atomic E-state index is 0.107. The Morgan fingerprint density at radius 1 is 0.270 bits per heavy atom. The van der Waals surface area contributed by atoms with Gasteiger partial charge in [0.1, 0.15) is 19.3 Å². The summed E-state index contributed by atoms with van der Waals surface area (Å²) in [6.45, 7) is 9.66. The first-order valence-corrected chi connectivity index (χ1v) is 45.0. The molecule has 0 aromatic carbocycles. The third kappa shape index (κ3) is 74.3. The van der Waals surface area contributed by atoms with Crippen LogP contribution in [0.3, 0.4) is 0 Å². The smallest absolute Gasteiger partial charge is 0.462 e. The van der Waals surface area contributed by atoms with Crippen LogP contribution in [0.5, 0.6) is 0 Å². The molecule has 0 heterocycles. The maximum Gasteiger partial charge on any atom is 0.472 e. The van der Waals surface area contributed by atoms with Gasteiger partial charge in [0, 0.05) is 25.7 Å². The number of carbonyl (C=O) groups is 4. The van der Waals surface area contributed by atoms with Crippen LogP contribution in [0.2, 0.25) is 0 Å². The van der Waals surface area contributed by atoms with Crippen LogP contribution in [-0.4, -0.2) is 96.7 Å². The number of phosphoric ester groups is 2.